The molecular formula is C21H19NO5S. The number of ether oxygens (including phenoxy) is 2. The van der Waals surface area contributed by atoms with Crippen molar-refractivity contribution in [1.29, 1.82) is 0 Å². The second kappa shape index (κ2) is 8.75. The lowest BCUT2D eigenvalue weighted by atomic mass is 10.1. The van der Waals surface area contributed by atoms with E-state index in [0.717, 1.165) is 22.9 Å². The molecule has 1 aliphatic heterocycles. The zero-order valence-corrected chi connectivity index (χ0v) is 16.3. The Bertz CT molecular complexity index is 967. The molecule has 2 amide bonds. The van der Waals surface area contributed by atoms with Crippen LogP contribution in [0.2, 0.25) is 0 Å². The molecule has 0 bridgehead atoms. The van der Waals surface area contributed by atoms with E-state index in [0.29, 0.717) is 28.6 Å². The molecule has 1 fully saturated rings. The van der Waals surface area contributed by atoms with Gasteiger partial charge in [-0.3, -0.25) is 19.7 Å². The third-order valence-electron chi connectivity index (χ3n) is 4.03. The minimum absolute atomic E-state index is 0.156. The molecule has 1 saturated heterocycles. The van der Waals surface area contributed by atoms with Gasteiger partial charge in [-0.05, 0) is 60.5 Å². The highest BCUT2D eigenvalue weighted by molar-refractivity contribution is 8.18. The number of carbonyl (C=O) groups is 3. The lowest BCUT2D eigenvalue weighted by molar-refractivity contribution is -0.133. The summed E-state index contributed by atoms with van der Waals surface area (Å²) in [7, 11) is 0. The summed E-state index contributed by atoms with van der Waals surface area (Å²) >= 11 is 0.840. The SMILES string of the molecule is CCOc1cc(C=C2SC(=O)NC2=O)ccc1OC(=O)Cc1ccccc1C. The van der Waals surface area contributed by atoms with Gasteiger partial charge in [0.25, 0.3) is 11.1 Å². The number of esters is 1. The predicted octanol–water partition coefficient (Wildman–Crippen LogP) is 3.87. The van der Waals surface area contributed by atoms with Crippen LogP contribution >= 0.6 is 11.8 Å². The summed E-state index contributed by atoms with van der Waals surface area (Å²) in [6, 6.07) is 12.6. The first-order valence-electron chi connectivity index (χ1n) is 8.73. The zero-order valence-electron chi connectivity index (χ0n) is 15.5. The summed E-state index contributed by atoms with van der Waals surface area (Å²) in [5, 5.41) is 1.81. The van der Waals surface area contributed by atoms with Crippen LogP contribution in [-0.2, 0) is 16.0 Å². The van der Waals surface area contributed by atoms with Crippen molar-refractivity contribution in [3.05, 3.63) is 64.1 Å². The molecule has 1 N–H and O–H groups in total. The van der Waals surface area contributed by atoms with Gasteiger partial charge in [-0.2, -0.15) is 0 Å². The normalized spacial score (nSPS) is 14.9. The van der Waals surface area contributed by atoms with E-state index in [1.165, 1.54) is 0 Å². The first kappa shape index (κ1) is 19.7. The van der Waals surface area contributed by atoms with Crippen LogP contribution in [0.4, 0.5) is 4.79 Å². The van der Waals surface area contributed by atoms with Gasteiger partial charge in [-0.1, -0.05) is 30.3 Å². The quantitative estimate of drug-likeness (QED) is 0.453. The number of hydrogen-bond acceptors (Lipinski definition) is 6. The number of hydrogen-bond donors (Lipinski definition) is 1. The first-order chi connectivity index (χ1) is 13.5. The lowest BCUT2D eigenvalue weighted by Crippen LogP contribution is -2.17. The molecule has 144 valence electrons. The summed E-state index contributed by atoms with van der Waals surface area (Å²) in [5.41, 5.74) is 2.59. The molecule has 0 spiro atoms. The topological polar surface area (TPSA) is 81.7 Å². The number of nitrogens with one attached hydrogen (secondary N) is 1. The molecule has 2 aromatic carbocycles. The van der Waals surface area contributed by atoms with Crippen LogP contribution in [0, 0.1) is 6.92 Å². The van der Waals surface area contributed by atoms with Crippen molar-refractivity contribution in [2.45, 2.75) is 20.3 Å². The third-order valence-corrected chi connectivity index (χ3v) is 4.84. The van der Waals surface area contributed by atoms with Crippen LogP contribution in [-0.4, -0.2) is 23.7 Å². The van der Waals surface area contributed by atoms with Gasteiger partial charge in [0.15, 0.2) is 11.5 Å². The Hall–Kier alpha value is -3.06. The van der Waals surface area contributed by atoms with E-state index in [1.54, 1.807) is 24.3 Å². The van der Waals surface area contributed by atoms with E-state index >= 15 is 0 Å². The van der Waals surface area contributed by atoms with Crippen molar-refractivity contribution in [2.24, 2.45) is 0 Å². The van der Waals surface area contributed by atoms with E-state index in [1.807, 2.05) is 38.1 Å². The lowest BCUT2D eigenvalue weighted by Gasteiger charge is -2.12. The van der Waals surface area contributed by atoms with Crippen LogP contribution in [0.3, 0.4) is 0 Å². The smallest absolute Gasteiger partial charge is 0.315 e. The zero-order chi connectivity index (χ0) is 20.1. The van der Waals surface area contributed by atoms with Gasteiger partial charge >= 0.3 is 5.97 Å². The Balaban J connectivity index is 1.78. The number of carbonyl (C=O) groups excluding carboxylic acids is 3. The van der Waals surface area contributed by atoms with Crippen LogP contribution in [0.1, 0.15) is 23.6 Å². The maximum absolute atomic E-state index is 12.3. The largest absolute Gasteiger partial charge is 0.490 e. The molecule has 1 aliphatic rings. The molecule has 0 aliphatic carbocycles. The summed E-state index contributed by atoms with van der Waals surface area (Å²) in [5.74, 6) is -0.119. The maximum Gasteiger partial charge on any atom is 0.315 e. The molecule has 7 heteroatoms. The van der Waals surface area contributed by atoms with Crippen LogP contribution in [0.5, 0.6) is 11.5 Å². The number of amides is 2. The maximum atomic E-state index is 12.3. The summed E-state index contributed by atoms with van der Waals surface area (Å²) < 4.78 is 11.1. The average molecular weight is 397 g/mol. The molecule has 0 unspecified atom stereocenters. The highest BCUT2D eigenvalue weighted by Crippen LogP contribution is 2.32. The van der Waals surface area contributed by atoms with Crippen LogP contribution in [0.25, 0.3) is 6.08 Å². The average Bonchev–Trinajstić information content (AvgIpc) is 2.96. The predicted molar refractivity (Wildman–Crippen MR) is 107 cm³/mol. The highest BCUT2D eigenvalue weighted by atomic mass is 32.2. The minimum Gasteiger partial charge on any atom is -0.490 e. The molecular weight excluding hydrogens is 378 g/mol. The molecule has 28 heavy (non-hydrogen) atoms. The molecule has 3 rings (SSSR count). The van der Waals surface area contributed by atoms with Crippen molar-refractivity contribution in [2.75, 3.05) is 6.61 Å². The van der Waals surface area contributed by atoms with Gasteiger partial charge in [-0.15, -0.1) is 0 Å². The van der Waals surface area contributed by atoms with Gasteiger partial charge < -0.3 is 9.47 Å². The van der Waals surface area contributed by atoms with Gasteiger partial charge in [0.05, 0.1) is 17.9 Å². The molecule has 0 saturated carbocycles. The van der Waals surface area contributed by atoms with Crippen molar-refractivity contribution in [3.63, 3.8) is 0 Å². The van der Waals surface area contributed by atoms with Gasteiger partial charge in [0.1, 0.15) is 0 Å². The Morgan fingerprint density at radius 2 is 1.93 bits per heavy atom. The number of rotatable bonds is 6. The monoisotopic (exact) mass is 397 g/mol. The van der Waals surface area contributed by atoms with Gasteiger partial charge in [0, 0.05) is 0 Å². The molecule has 1 heterocycles. The van der Waals surface area contributed by atoms with E-state index < -0.39 is 17.1 Å². The van der Waals surface area contributed by atoms with Gasteiger partial charge in [0.2, 0.25) is 0 Å². The third kappa shape index (κ3) is 4.80. The van der Waals surface area contributed by atoms with Crippen LogP contribution < -0.4 is 14.8 Å². The van der Waals surface area contributed by atoms with Gasteiger partial charge in [-0.25, -0.2) is 0 Å². The molecule has 0 radical (unpaired) electrons. The fraction of sp³-hybridized carbons (Fsp3) is 0.190. The second-order valence-electron chi connectivity index (χ2n) is 6.07. The van der Waals surface area contributed by atoms with Crippen molar-refractivity contribution >= 4 is 35.0 Å². The molecule has 0 atom stereocenters. The second-order valence-corrected chi connectivity index (χ2v) is 7.08. The minimum atomic E-state index is -0.429. The Morgan fingerprint density at radius 1 is 1.14 bits per heavy atom. The fourth-order valence-corrected chi connectivity index (χ4v) is 3.34. The Morgan fingerprint density at radius 3 is 2.61 bits per heavy atom. The van der Waals surface area contributed by atoms with Crippen LogP contribution in [0.15, 0.2) is 47.4 Å². The molecule has 6 nitrogen and oxygen atoms in total. The van der Waals surface area contributed by atoms with E-state index in [2.05, 4.69) is 5.32 Å². The van der Waals surface area contributed by atoms with Crippen molar-refractivity contribution in [3.8, 4) is 11.5 Å². The fourth-order valence-electron chi connectivity index (χ4n) is 2.66. The standard InChI is InChI=1S/C21H19NO5S/c1-3-26-17-10-14(11-18-20(24)22-21(25)28-18)8-9-16(17)27-19(23)12-15-7-5-4-6-13(15)2/h4-11H,3,12H2,1-2H3,(H,22,24,25). The first-order valence-corrected chi connectivity index (χ1v) is 9.55. The van der Waals surface area contributed by atoms with E-state index in [9.17, 15) is 14.4 Å². The van der Waals surface area contributed by atoms with Crippen molar-refractivity contribution < 1.29 is 23.9 Å². The van der Waals surface area contributed by atoms with Crippen molar-refractivity contribution in [1.82, 2.24) is 5.32 Å². The Kier molecular flexibility index (Phi) is 6.16. The number of aryl methyl sites for hydroxylation is 1. The van der Waals surface area contributed by atoms with E-state index in [-0.39, 0.29) is 6.42 Å². The summed E-state index contributed by atoms with van der Waals surface area (Å²) in [6.45, 7) is 4.15. The number of thioether (sulfide) groups is 1. The Labute approximate surface area is 166 Å². The highest BCUT2D eigenvalue weighted by Gasteiger charge is 2.25. The number of benzene rings is 2. The summed E-state index contributed by atoms with van der Waals surface area (Å²) in [4.78, 5) is 35.6. The van der Waals surface area contributed by atoms with E-state index in [4.69, 9.17) is 9.47 Å². The number of imide groups is 1. The molecule has 0 aromatic heterocycles. The molecule has 2 aromatic rings. The summed E-state index contributed by atoms with van der Waals surface area (Å²) in [6.07, 6.45) is 1.75.